The molecule has 6 atom stereocenters. The molecule has 1 fully saturated rings. The molecular weight excluding hydrogens is 396 g/mol. The maximum absolute atomic E-state index is 13.1. The number of phenols is 2. The molecule has 0 amide bonds. The fraction of sp³-hybridized carbons (Fsp3) is 0.381. The van der Waals surface area contributed by atoms with Crippen LogP contribution >= 0.6 is 0 Å². The number of rotatable bonds is 2. The molecule has 160 valence electrons. The van der Waals surface area contributed by atoms with Gasteiger partial charge in [-0.05, 0) is 24.6 Å². The minimum Gasteiger partial charge on any atom is -0.507 e. The first-order valence-corrected chi connectivity index (χ1v) is 9.37. The highest BCUT2D eigenvalue weighted by Gasteiger charge is 2.57. The van der Waals surface area contributed by atoms with E-state index in [1.165, 1.54) is 30.3 Å². The number of aliphatic hydroxyl groups is 5. The van der Waals surface area contributed by atoms with Crippen LogP contribution in [-0.2, 0) is 10.3 Å². The number of ketones is 1. The van der Waals surface area contributed by atoms with Crippen molar-refractivity contribution in [3.05, 3.63) is 58.1 Å². The zero-order valence-corrected chi connectivity index (χ0v) is 15.9. The predicted octanol–water partition coefficient (Wildman–Crippen LogP) is -0.971. The average Bonchev–Trinajstić information content (AvgIpc) is 2.70. The quantitative estimate of drug-likeness (QED) is 0.324. The fourth-order valence-electron chi connectivity index (χ4n) is 4.43. The molecule has 4 rings (SSSR count). The number of phenolic OH excluding ortho intramolecular Hbond substituents is 2. The number of aryl methyl sites for hydroxylation is 1. The minimum absolute atomic E-state index is 0.0903. The van der Waals surface area contributed by atoms with Gasteiger partial charge in [-0.2, -0.15) is 0 Å². The van der Waals surface area contributed by atoms with E-state index >= 15 is 0 Å². The smallest absolute Gasteiger partial charge is 0.201 e. The van der Waals surface area contributed by atoms with Gasteiger partial charge in [0, 0.05) is 11.1 Å². The first-order valence-electron chi connectivity index (χ1n) is 9.37. The van der Waals surface area contributed by atoms with Crippen molar-refractivity contribution in [1.29, 1.82) is 0 Å². The zero-order chi connectivity index (χ0) is 22.0. The summed E-state index contributed by atoms with van der Waals surface area (Å²) in [5.74, 6) is -1.62. The number of hydrogen-bond acceptors (Lipinski definition) is 9. The van der Waals surface area contributed by atoms with Crippen molar-refractivity contribution in [2.45, 2.75) is 43.0 Å². The Morgan fingerprint density at radius 2 is 1.63 bits per heavy atom. The van der Waals surface area contributed by atoms with Crippen LogP contribution in [0.1, 0.15) is 32.6 Å². The van der Waals surface area contributed by atoms with Gasteiger partial charge in [0.15, 0.2) is 0 Å². The van der Waals surface area contributed by atoms with E-state index in [0.717, 1.165) is 0 Å². The Balaban J connectivity index is 2.03. The molecule has 1 saturated heterocycles. The molecule has 2 aromatic rings. The second-order valence-electron chi connectivity index (χ2n) is 7.75. The van der Waals surface area contributed by atoms with Gasteiger partial charge in [-0.15, -0.1) is 0 Å². The molecule has 0 aromatic heterocycles. The minimum atomic E-state index is -2.31. The number of carbonyl (C=O) groups is 1. The van der Waals surface area contributed by atoms with Crippen LogP contribution in [0.25, 0.3) is 0 Å². The predicted molar refractivity (Wildman–Crippen MR) is 101 cm³/mol. The Bertz CT molecular complexity index is 1020. The number of ether oxygens (including phenoxy) is 1. The summed E-state index contributed by atoms with van der Waals surface area (Å²) in [6.45, 7) is 0.908. The van der Waals surface area contributed by atoms with Gasteiger partial charge < -0.3 is 40.5 Å². The molecule has 9 nitrogen and oxygen atoms in total. The highest BCUT2D eigenvalue weighted by Crippen LogP contribution is 2.50. The lowest BCUT2D eigenvalue weighted by atomic mass is 9.68. The average molecular weight is 418 g/mol. The number of aromatic hydroxyl groups is 2. The molecule has 1 unspecified atom stereocenters. The van der Waals surface area contributed by atoms with Crippen molar-refractivity contribution < 1.29 is 45.3 Å². The summed E-state index contributed by atoms with van der Waals surface area (Å²) in [4.78, 5) is 13.1. The van der Waals surface area contributed by atoms with Gasteiger partial charge in [-0.25, -0.2) is 0 Å². The van der Waals surface area contributed by atoms with Gasteiger partial charge >= 0.3 is 0 Å². The van der Waals surface area contributed by atoms with E-state index in [2.05, 4.69) is 0 Å². The van der Waals surface area contributed by atoms with Crippen LogP contribution in [0.5, 0.6) is 11.5 Å². The third kappa shape index (κ3) is 2.68. The number of hydrogen-bond donors (Lipinski definition) is 7. The van der Waals surface area contributed by atoms with E-state index in [9.17, 15) is 40.5 Å². The second-order valence-corrected chi connectivity index (χ2v) is 7.75. The van der Waals surface area contributed by atoms with Crippen LogP contribution in [-0.4, -0.2) is 78.7 Å². The largest absolute Gasteiger partial charge is 0.507 e. The van der Waals surface area contributed by atoms with E-state index in [0.29, 0.717) is 5.56 Å². The molecule has 7 N–H and O–H groups in total. The monoisotopic (exact) mass is 418 g/mol. The number of aliphatic hydroxyl groups excluding tert-OH is 4. The van der Waals surface area contributed by atoms with Crippen LogP contribution in [0.2, 0.25) is 0 Å². The normalized spacial score (nSPS) is 33.1. The van der Waals surface area contributed by atoms with Gasteiger partial charge in [0.2, 0.25) is 5.78 Å². The summed E-state index contributed by atoms with van der Waals surface area (Å²) in [6, 6.07) is 6.73. The highest BCUT2D eigenvalue weighted by atomic mass is 16.6. The molecule has 30 heavy (non-hydrogen) atoms. The molecule has 0 bridgehead atoms. The van der Waals surface area contributed by atoms with Crippen LogP contribution in [0, 0.1) is 6.92 Å². The summed E-state index contributed by atoms with van der Waals surface area (Å²) in [5.41, 5.74) is -2.58. The van der Waals surface area contributed by atoms with Crippen LogP contribution in [0.15, 0.2) is 30.3 Å². The summed E-state index contributed by atoms with van der Waals surface area (Å²) in [6.07, 6.45) is -8.21. The third-order valence-corrected chi connectivity index (χ3v) is 5.88. The SMILES string of the molecule is Cc1cc(O)c2c(c1)[C@@](O)(C1O[C@H](CO)[C@@H](O)[C@H](O)[C@H]1O)c1cccc(O)c1C2=O. The van der Waals surface area contributed by atoms with E-state index in [4.69, 9.17) is 4.74 Å². The Morgan fingerprint density at radius 1 is 0.967 bits per heavy atom. The van der Waals surface area contributed by atoms with Crippen molar-refractivity contribution >= 4 is 5.78 Å². The highest BCUT2D eigenvalue weighted by molar-refractivity contribution is 6.16. The van der Waals surface area contributed by atoms with Crippen LogP contribution < -0.4 is 0 Å². The summed E-state index contributed by atoms with van der Waals surface area (Å²) < 4.78 is 5.61. The summed E-state index contributed by atoms with van der Waals surface area (Å²) in [7, 11) is 0. The molecular formula is C21H22O9. The van der Waals surface area contributed by atoms with Gasteiger partial charge in [0.25, 0.3) is 0 Å². The van der Waals surface area contributed by atoms with Crippen LogP contribution in [0.3, 0.4) is 0 Å². The maximum Gasteiger partial charge on any atom is 0.201 e. The lowest BCUT2D eigenvalue weighted by Crippen LogP contribution is -2.65. The number of carbonyl (C=O) groups excluding carboxylic acids is 1. The molecule has 1 aliphatic heterocycles. The molecule has 2 aromatic carbocycles. The second kappa shape index (κ2) is 7.02. The lowest BCUT2D eigenvalue weighted by Gasteiger charge is -2.49. The molecule has 0 spiro atoms. The van der Waals surface area contributed by atoms with Crippen molar-refractivity contribution in [3.8, 4) is 11.5 Å². The summed E-state index contributed by atoms with van der Waals surface area (Å²) in [5, 5.41) is 73.3. The summed E-state index contributed by atoms with van der Waals surface area (Å²) >= 11 is 0. The van der Waals surface area contributed by atoms with Crippen molar-refractivity contribution in [2.75, 3.05) is 6.61 Å². The maximum atomic E-state index is 13.1. The molecule has 2 aliphatic rings. The first-order chi connectivity index (χ1) is 14.1. The van der Waals surface area contributed by atoms with E-state index in [-0.39, 0.29) is 22.3 Å². The van der Waals surface area contributed by atoms with Gasteiger partial charge in [-0.1, -0.05) is 18.2 Å². The topological polar surface area (TPSA) is 168 Å². The number of fused-ring (bicyclic) bond motifs is 2. The van der Waals surface area contributed by atoms with E-state index in [1.807, 2.05) is 0 Å². The third-order valence-electron chi connectivity index (χ3n) is 5.88. The van der Waals surface area contributed by atoms with E-state index in [1.54, 1.807) is 6.92 Å². The van der Waals surface area contributed by atoms with Gasteiger partial charge in [0.1, 0.15) is 47.6 Å². The van der Waals surface area contributed by atoms with Crippen molar-refractivity contribution in [3.63, 3.8) is 0 Å². The zero-order valence-electron chi connectivity index (χ0n) is 15.9. The van der Waals surface area contributed by atoms with Crippen molar-refractivity contribution in [2.24, 2.45) is 0 Å². The molecule has 1 heterocycles. The van der Waals surface area contributed by atoms with Gasteiger partial charge in [0.05, 0.1) is 17.7 Å². The molecule has 0 saturated carbocycles. The van der Waals surface area contributed by atoms with Gasteiger partial charge in [-0.3, -0.25) is 4.79 Å². The van der Waals surface area contributed by atoms with Crippen LogP contribution in [0.4, 0.5) is 0 Å². The lowest BCUT2D eigenvalue weighted by molar-refractivity contribution is -0.265. The fourth-order valence-corrected chi connectivity index (χ4v) is 4.43. The Morgan fingerprint density at radius 3 is 2.30 bits per heavy atom. The van der Waals surface area contributed by atoms with E-state index < -0.39 is 60.0 Å². The Kier molecular flexibility index (Phi) is 4.85. The standard InChI is InChI=1S/C21H22O9/c1-8-5-10-15(12(24)6-8)17(26)14-9(3-2-4-11(14)23)21(10,29)20-19(28)18(27)16(25)13(7-22)30-20/h2-6,13,16,18-20,22-25,27-29H,7H2,1H3/t13-,16-,18+,19-,20?,21-/m1/s1. The Hall–Kier alpha value is -2.53. The number of benzene rings is 2. The first kappa shape index (κ1) is 20.7. The molecule has 9 heteroatoms. The Labute approximate surface area is 171 Å². The van der Waals surface area contributed by atoms with Crippen molar-refractivity contribution in [1.82, 2.24) is 0 Å². The molecule has 1 aliphatic carbocycles. The molecule has 0 radical (unpaired) electrons.